The van der Waals surface area contributed by atoms with Crippen molar-refractivity contribution in [3.05, 3.63) is 58.9 Å². The zero-order chi connectivity index (χ0) is 17.0. The maximum absolute atomic E-state index is 13.0. The second kappa shape index (κ2) is 6.87. The predicted molar refractivity (Wildman–Crippen MR) is 80.0 cm³/mol. The molecule has 0 aliphatic heterocycles. The van der Waals surface area contributed by atoms with Gasteiger partial charge in [0, 0.05) is 10.7 Å². The van der Waals surface area contributed by atoms with Crippen molar-refractivity contribution in [2.24, 2.45) is 0 Å². The molecule has 3 nitrogen and oxygen atoms in total. The van der Waals surface area contributed by atoms with E-state index < -0.39 is 29.2 Å². The Morgan fingerprint density at radius 2 is 1.87 bits per heavy atom. The molecule has 0 heterocycles. The minimum absolute atomic E-state index is 0.0896. The molecule has 122 valence electrons. The molecule has 0 aliphatic rings. The molecular weight excluding hydrogens is 336 g/mol. The van der Waals surface area contributed by atoms with Crippen LogP contribution in [0.3, 0.4) is 0 Å². The van der Waals surface area contributed by atoms with Gasteiger partial charge in [0.05, 0.1) is 17.8 Å². The highest BCUT2D eigenvalue weighted by Gasteiger charge is 2.34. The Bertz CT molecular complexity index is 719. The van der Waals surface area contributed by atoms with Crippen molar-refractivity contribution >= 4 is 28.9 Å². The Labute approximate surface area is 134 Å². The monoisotopic (exact) mass is 346 g/mol. The van der Waals surface area contributed by atoms with E-state index in [-0.39, 0.29) is 11.6 Å². The molecule has 0 saturated carbocycles. The van der Waals surface area contributed by atoms with Crippen LogP contribution in [0.15, 0.2) is 42.5 Å². The van der Waals surface area contributed by atoms with Crippen LogP contribution >= 0.6 is 11.6 Å². The minimum atomic E-state index is -4.65. The molecule has 1 amide bonds. The van der Waals surface area contributed by atoms with Gasteiger partial charge in [-0.3, -0.25) is 4.79 Å². The van der Waals surface area contributed by atoms with E-state index in [1.807, 2.05) is 0 Å². The lowest BCUT2D eigenvalue weighted by molar-refractivity contribution is -0.137. The lowest BCUT2D eigenvalue weighted by atomic mass is 10.1. The number of rotatable bonds is 4. The number of benzene rings is 2. The number of carbonyl (C=O) groups is 1. The van der Waals surface area contributed by atoms with Crippen molar-refractivity contribution in [1.82, 2.24) is 0 Å². The van der Waals surface area contributed by atoms with Crippen LogP contribution in [0.2, 0.25) is 5.02 Å². The maximum atomic E-state index is 13.0. The van der Waals surface area contributed by atoms with Gasteiger partial charge in [0.2, 0.25) is 5.91 Å². The average molecular weight is 347 g/mol. The van der Waals surface area contributed by atoms with Crippen LogP contribution < -0.4 is 10.6 Å². The molecule has 0 radical (unpaired) electrons. The van der Waals surface area contributed by atoms with Crippen LogP contribution in [0, 0.1) is 5.82 Å². The first kappa shape index (κ1) is 17.1. The molecule has 2 aromatic carbocycles. The second-order valence-electron chi connectivity index (χ2n) is 4.60. The molecule has 8 heteroatoms. The number of carbonyl (C=O) groups excluding carboxylic acids is 1. The van der Waals surface area contributed by atoms with Crippen molar-refractivity contribution in [3.63, 3.8) is 0 Å². The van der Waals surface area contributed by atoms with E-state index in [9.17, 15) is 22.4 Å². The molecular formula is C15H11ClF4N2O. The zero-order valence-electron chi connectivity index (χ0n) is 11.5. The molecule has 0 unspecified atom stereocenters. The standard InChI is InChI=1S/C15H11ClF4N2O/c16-9-4-5-13(12(6-9)15(18,19)20)22-14(23)8-21-11-3-1-2-10(17)7-11/h1-7,21H,8H2,(H,22,23). The Kier molecular flexibility index (Phi) is 5.10. The summed E-state index contributed by atoms with van der Waals surface area (Å²) in [6.45, 7) is -0.316. The number of hydrogen-bond donors (Lipinski definition) is 2. The first-order chi connectivity index (χ1) is 10.8. The Balaban J connectivity index is 2.06. The number of hydrogen-bond acceptors (Lipinski definition) is 2. The first-order valence-corrected chi connectivity index (χ1v) is 6.79. The third-order valence-corrected chi connectivity index (χ3v) is 3.07. The molecule has 0 aliphatic carbocycles. The van der Waals surface area contributed by atoms with Crippen molar-refractivity contribution in [1.29, 1.82) is 0 Å². The van der Waals surface area contributed by atoms with Gasteiger partial charge in [0.15, 0.2) is 0 Å². The fourth-order valence-electron chi connectivity index (χ4n) is 1.84. The molecule has 0 saturated heterocycles. The molecule has 0 aromatic heterocycles. The van der Waals surface area contributed by atoms with Gasteiger partial charge in [0.25, 0.3) is 0 Å². The van der Waals surface area contributed by atoms with Crippen LogP contribution in [-0.2, 0) is 11.0 Å². The number of amides is 1. The third kappa shape index (κ3) is 4.85. The number of anilines is 2. The fraction of sp³-hybridized carbons (Fsp3) is 0.133. The molecule has 0 atom stereocenters. The van der Waals surface area contributed by atoms with E-state index >= 15 is 0 Å². The third-order valence-electron chi connectivity index (χ3n) is 2.84. The molecule has 0 bridgehead atoms. The van der Waals surface area contributed by atoms with E-state index in [4.69, 9.17) is 11.6 Å². The van der Waals surface area contributed by atoms with Gasteiger partial charge in [-0.15, -0.1) is 0 Å². The van der Waals surface area contributed by atoms with Crippen LogP contribution in [0.4, 0.5) is 28.9 Å². The van der Waals surface area contributed by atoms with E-state index in [2.05, 4.69) is 10.6 Å². The number of halogens is 5. The van der Waals surface area contributed by atoms with Crippen molar-refractivity contribution in [2.75, 3.05) is 17.2 Å². The van der Waals surface area contributed by atoms with Crippen molar-refractivity contribution in [3.8, 4) is 0 Å². The smallest absolute Gasteiger partial charge is 0.376 e. The topological polar surface area (TPSA) is 41.1 Å². The summed E-state index contributed by atoms with van der Waals surface area (Å²) in [5.74, 6) is -1.20. The summed E-state index contributed by atoms with van der Waals surface area (Å²) in [5.41, 5.74) is -1.09. The van der Waals surface area contributed by atoms with Gasteiger partial charge in [-0.2, -0.15) is 13.2 Å². The molecule has 2 aromatic rings. The minimum Gasteiger partial charge on any atom is -0.376 e. The van der Waals surface area contributed by atoms with Crippen LogP contribution in [0.5, 0.6) is 0 Å². The number of alkyl halides is 3. The van der Waals surface area contributed by atoms with Gasteiger partial charge in [-0.1, -0.05) is 17.7 Å². The summed E-state index contributed by atoms with van der Waals surface area (Å²) in [6, 6.07) is 8.41. The van der Waals surface area contributed by atoms with E-state index in [0.717, 1.165) is 18.2 Å². The summed E-state index contributed by atoms with van der Waals surface area (Å²) in [6.07, 6.45) is -4.65. The van der Waals surface area contributed by atoms with Gasteiger partial charge >= 0.3 is 6.18 Å². The summed E-state index contributed by atoms with van der Waals surface area (Å²) in [4.78, 5) is 11.8. The summed E-state index contributed by atoms with van der Waals surface area (Å²) in [7, 11) is 0. The quantitative estimate of drug-likeness (QED) is 0.797. The molecule has 0 spiro atoms. The van der Waals surface area contributed by atoms with Crippen molar-refractivity contribution in [2.45, 2.75) is 6.18 Å². The van der Waals surface area contributed by atoms with Crippen LogP contribution in [-0.4, -0.2) is 12.5 Å². The van der Waals surface area contributed by atoms with Gasteiger partial charge in [0.1, 0.15) is 5.82 Å². The molecule has 2 rings (SSSR count). The molecule has 23 heavy (non-hydrogen) atoms. The highest BCUT2D eigenvalue weighted by Crippen LogP contribution is 2.36. The average Bonchev–Trinajstić information content (AvgIpc) is 2.46. The second-order valence-corrected chi connectivity index (χ2v) is 5.04. The van der Waals surface area contributed by atoms with Crippen LogP contribution in [0.1, 0.15) is 5.56 Å². The van der Waals surface area contributed by atoms with Crippen molar-refractivity contribution < 1.29 is 22.4 Å². The van der Waals surface area contributed by atoms with Gasteiger partial charge in [-0.05, 0) is 36.4 Å². The lowest BCUT2D eigenvalue weighted by Crippen LogP contribution is -2.23. The zero-order valence-corrected chi connectivity index (χ0v) is 12.3. The Morgan fingerprint density at radius 1 is 1.13 bits per heavy atom. The predicted octanol–water partition coefficient (Wildman–Crippen LogP) is 4.55. The van der Waals surface area contributed by atoms with E-state index in [0.29, 0.717) is 5.69 Å². The highest BCUT2D eigenvalue weighted by atomic mass is 35.5. The van der Waals surface area contributed by atoms with Crippen LogP contribution in [0.25, 0.3) is 0 Å². The molecule has 0 fully saturated rings. The van der Waals surface area contributed by atoms with E-state index in [1.165, 1.54) is 24.3 Å². The highest BCUT2D eigenvalue weighted by molar-refractivity contribution is 6.30. The Hall–Kier alpha value is -2.28. The SMILES string of the molecule is O=C(CNc1cccc(F)c1)Nc1ccc(Cl)cc1C(F)(F)F. The summed E-state index contributed by atoms with van der Waals surface area (Å²) in [5, 5.41) is 4.68. The first-order valence-electron chi connectivity index (χ1n) is 6.42. The molecule has 2 N–H and O–H groups in total. The summed E-state index contributed by atoms with van der Waals surface area (Å²) >= 11 is 5.55. The Morgan fingerprint density at radius 3 is 2.52 bits per heavy atom. The fourth-order valence-corrected chi connectivity index (χ4v) is 2.01. The van der Waals surface area contributed by atoms with Gasteiger partial charge < -0.3 is 10.6 Å². The number of nitrogens with one attached hydrogen (secondary N) is 2. The summed E-state index contributed by atoms with van der Waals surface area (Å²) < 4.78 is 51.7. The maximum Gasteiger partial charge on any atom is 0.418 e. The van der Waals surface area contributed by atoms with E-state index in [1.54, 1.807) is 0 Å². The largest absolute Gasteiger partial charge is 0.418 e. The normalized spacial score (nSPS) is 11.2. The van der Waals surface area contributed by atoms with Gasteiger partial charge in [-0.25, -0.2) is 4.39 Å². The lowest BCUT2D eigenvalue weighted by Gasteiger charge is -2.14.